The first-order valence-corrected chi connectivity index (χ1v) is 15.9. The molecule has 2 amide bonds. The number of nitrogens with zero attached hydrogens (tertiary/aromatic N) is 4. The van der Waals surface area contributed by atoms with Gasteiger partial charge in [-0.3, -0.25) is 10.3 Å². The van der Waals surface area contributed by atoms with E-state index in [1.807, 2.05) is 18.2 Å². The molecule has 0 fully saturated rings. The van der Waals surface area contributed by atoms with Crippen molar-refractivity contribution in [3.05, 3.63) is 126 Å². The topological polar surface area (TPSA) is 131 Å². The van der Waals surface area contributed by atoms with Gasteiger partial charge in [-0.2, -0.15) is 9.36 Å². The maximum atomic E-state index is 13.7. The van der Waals surface area contributed by atoms with E-state index in [2.05, 4.69) is 19.7 Å². The number of sulfonamides is 1. The van der Waals surface area contributed by atoms with Crippen LogP contribution in [0.25, 0.3) is 11.4 Å². The van der Waals surface area contributed by atoms with Crippen LogP contribution in [0.5, 0.6) is 0 Å². The molecular formula is C31H28F2N6O3S2. The molecule has 226 valence electrons. The molecule has 44 heavy (non-hydrogen) atoms. The third kappa shape index (κ3) is 8.07. The number of nitrogens with two attached hydrogens (primary N) is 1. The molecule has 0 aliphatic heterocycles. The Morgan fingerprint density at radius 3 is 2.09 bits per heavy atom. The van der Waals surface area contributed by atoms with E-state index in [1.165, 1.54) is 48.5 Å². The SMILES string of the molecule is NS(=O)(=O)c1ccc(-c2nsc(NC(=O)N(CCc3ccccn3)CCC(c3ccc(F)cc3)c3ccc(F)cc3)n2)cc1. The minimum atomic E-state index is -3.84. The Kier molecular flexibility index (Phi) is 9.68. The van der Waals surface area contributed by atoms with Crippen LogP contribution in [-0.2, 0) is 16.4 Å². The summed E-state index contributed by atoms with van der Waals surface area (Å²) in [6.45, 7) is 0.669. The smallest absolute Gasteiger partial charge is 0.323 e. The van der Waals surface area contributed by atoms with Crippen LogP contribution in [0.3, 0.4) is 0 Å². The van der Waals surface area contributed by atoms with Crippen LogP contribution in [-0.4, -0.2) is 46.8 Å². The minimum Gasteiger partial charge on any atom is -0.324 e. The molecule has 3 N–H and O–H groups in total. The van der Waals surface area contributed by atoms with E-state index in [0.717, 1.165) is 28.4 Å². The number of hydrogen-bond donors (Lipinski definition) is 2. The van der Waals surface area contributed by atoms with E-state index in [-0.39, 0.29) is 27.6 Å². The Morgan fingerprint density at radius 2 is 1.52 bits per heavy atom. The second-order valence-electron chi connectivity index (χ2n) is 9.93. The maximum Gasteiger partial charge on any atom is 0.323 e. The number of hydrogen-bond acceptors (Lipinski definition) is 7. The fraction of sp³-hybridized carbons (Fsp3) is 0.161. The predicted octanol–water partition coefficient (Wildman–Crippen LogP) is 5.82. The van der Waals surface area contributed by atoms with Gasteiger partial charge in [0.25, 0.3) is 0 Å². The number of anilines is 1. The van der Waals surface area contributed by atoms with E-state index in [1.54, 1.807) is 35.4 Å². The van der Waals surface area contributed by atoms with Crippen LogP contribution >= 0.6 is 11.5 Å². The number of pyridine rings is 1. The summed E-state index contributed by atoms with van der Waals surface area (Å²) in [7, 11) is -3.84. The number of carbonyl (C=O) groups excluding carboxylic acids is 1. The molecule has 13 heteroatoms. The molecule has 5 rings (SSSR count). The van der Waals surface area contributed by atoms with Crippen LogP contribution in [0.2, 0.25) is 0 Å². The first-order valence-electron chi connectivity index (χ1n) is 13.6. The molecule has 0 radical (unpaired) electrons. The third-order valence-electron chi connectivity index (χ3n) is 6.96. The second-order valence-corrected chi connectivity index (χ2v) is 12.2. The van der Waals surface area contributed by atoms with Crippen LogP contribution < -0.4 is 10.5 Å². The molecule has 0 aliphatic rings. The van der Waals surface area contributed by atoms with Crippen molar-refractivity contribution < 1.29 is 22.0 Å². The molecule has 9 nitrogen and oxygen atoms in total. The Labute approximate surface area is 257 Å². The van der Waals surface area contributed by atoms with E-state index >= 15 is 0 Å². The van der Waals surface area contributed by atoms with Gasteiger partial charge in [0.1, 0.15) is 11.6 Å². The summed E-state index contributed by atoms with van der Waals surface area (Å²) in [5.41, 5.74) is 3.05. The molecular weight excluding hydrogens is 607 g/mol. The second kappa shape index (κ2) is 13.8. The van der Waals surface area contributed by atoms with Crippen molar-refractivity contribution in [1.29, 1.82) is 0 Å². The molecule has 3 aromatic carbocycles. The first-order chi connectivity index (χ1) is 21.2. The molecule has 0 bridgehead atoms. The van der Waals surface area contributed by atoms with Crippen LogP contribution in [0.15, 0.2) is 102 Å². The highest BCUT2D eigenvalue weighted by Crippen LogP contribution is 2.29. The molecule has 2 heterocycles. The Bertz CT molecular complexity index is 1760. The largest absolute Gasteiger partial charge is 0.324 e. The summed E-state index contributed by atoms with van der Waals surface area (Å²) in [4.78, 5) is 23.9. The van der Waals surface area contributed by atoms with Crippen LogP contribution in [0.1, 0.15) is 29.2 Å². The third-order valence-corrected chi connectivity index (χ3v) is 8.52. The summed E-state index contributed by atoms with van der Waals surface area (Å²) in [5, 5.41) is 8.25. The van der Waals surface area contributed by atoms with E-state index < -0.39 is 16.1 Å². The van der Waals surface area contributed by atoms with Crippen molar-refractivity contribution in [2.24, 2.45) is 5.14 Å². The zero-order valence-electron chi connectivity index (χ0n) is 23.3. The number of carbonyl (C=O) groups is 1. The van der Waals surface area contributed by atoms with E-state index in [0.29, 0.717) is 37.3 Å². The van der Waals surface area contributed by atoms with Crippen LogP contribution in [0, 0.1) is 11.6 Å². The van der Waals surface area contributed by atoms with Gasteiger partial charge in [-0.25, -0.2) is 27.1 Å². The molecule has 0 saturated heterocycles. The number of primary sulfonamides is 1. The summed E-state index contributed by atoms with van der Waals surface area (Å²) >= 11 is 0.989. The lowest BCUT2D eigenvalue weighted by atomic mass is 9.88. The van der Waals surface area contributed by atoms with Gasteiger partial charge >= 0.3 is 6.03 Å². The molecule has 0 atom stereocenters. The molecule has 2 aromatic heterocycles. The van der Waals surface area contributed by atoms with Gasteiger partial charge in [0.05, 0.1) is 4.90 Å². The molecule has 5 aromatic rings. The minimum absolute atomic E-state index is 0.0341. The van der Waals surface area contributed by atoms with Crippen molar-refractivity contribution in [3.8, 4) is 11.4 Å². The lowest BCUT2D eigenvalue weighted by molar-refractivity contribution is 0.210. The molecule has 0 spiro atoms. The lowest BCUT2D eigenvalue weighted by Gasteiger charge is -2.26. The lowest BCUT2D eigenvalue weighted by Crippen LogP contribution is -2.38. The zero-order chi connectivity index (χ0) is 31.1. The number of amides is 2. The Morgan fingerprint density at radius 1 is 0.886 bits per heavy atom. The summed E-state index contributed by atoms with van der Waals surface area (Å²) in [5.74, 6) is -0.631. The average molecular weight is 635 g/mol. The summed E-state index contributed by atoms with van der Waals surface area (Å²) in [6, 6.07) is 23.3. The maximum absolute atomic E-state index is 13.7. The highest BCUT2D eigenvalue weighted by molar-refractivity contribution is 7.89. The van der Waals surface area contributed by atoms with E-state index in [4.69, 9.17) is 5.14 Å². The van der Waals surface area contributed by atoms with Gasteiger partial charge in [0.15, 0.2) is 5.82 Å². The highest BCUT2D eigenvalue weighted by Gasteiger charge is 2.21. The number of urea groups is 1. The van der Waals surface area contributed by atoms with Gasteiger partial charge in [0, 0.05) is 54.4 Å². The van der Waals surface area contributed by atoms with Crippen LogP contribution in [0.4, 0.5) is 18.7 Å². The van der Waals surface area contributed by atoms with Gasteiger partial charge in [0.2, 0.25) is 15.2 Å². The quantitative estimate of drug-likeness (QED) is 0.188. The highest BCUT2D eigenvalue weighted by atomic mass is 32.2. The molecule has 0 saturated carbocycles. The van der Waals surface area contributed by atoms with Crippen molar-refractivity contribution >= 4 is 32.7 Å². The number of rotatable bonds is 11. The monoisotopic (exact) mass is 634 g/mol. The number of nitrogens with one attached hydrogen (secondary N) is 1. The first kappa shape index (κ1) is 30.9. The van der Waals surface area contributed by atoms with Crippen molar-refractivity contribution in [2.45, 2.75) is 23.7 Å². The Hall–Kier alpha value is -4.59. The summed E-state index contributed by atoms with van der Waals surface area (Å²) < 4.78 is 54.8. The normalized spacial score (nSPS) is 11.5. The Balaban J connectivity index is 1.34. The van der Waals surface area contributed by atoms with Crippen molar-refractivity contribution in [2.75, 3.05) is 18.4 Å². The molecule has 0 unspecified atom stereocenters. The summed E-state index contributed by atoms with van der Waals surface area (Å²) in [6.07, 6.45) is 2.67. The standard InChI is InChI=1S/C31H28F2N6O3S2/c32-24-10-4-21(5-11-24)28(22-6-12-25(33)13-7-22)17-20-39(19-16-26-3-1-2-18-35-26)31(40)37-30-36-29(38-43-30)23-8-14-27(15-9-23)44(34,41)42/h1-15,18,28H,16-17,19-20H2,(H2,34,41,42)(H,36,37,38,40). The van der Waals surface area contributed by atoms with Gasteiger partial charge in [-0.1, -0.05) is 30.3 Å². The van der Waals surface area contributed by atoms with Crippen molar-refractivity contribution in [1.82, 2.24) is 19.2 Å². The zero-order valence-corrected chi connectivity index (χ0v) is 24.9. The predicted molar refractivity (Wildman–Crippen MR) is 165 cm³/mol. The van der Waals surface area contributed by atoms with E-state index in [9.17, 15) is 22.0 Å². The average Bonchev–Trinajstić information content (AvgIpc) is 3.49. The number of aromatic nitrogens is 3. The van der Waals surface area contributed by atoms with Crippen molar-refractivity contribution in [3.63, 3.8) is 0 Å². The fourth-order valence-corrected chi connectivity index (χ4v) is 5.76. The molecule has 0 aliphatic carbocycles. The number of benzene rings is 3. The fourth-order valence-electron chi connectivity index (χ4n) is 4.67. The number of halogens is 2. The van der Waals surface area contributed by atoms with Gasteiger partial charge in [-0.15, -0.1) is 0 Å². The van der Waals surface area contributed by atoms with Gasteiger partial charge in [-0.05, 0) is 78.2 Å². The van der Waals surface area contributed by atoms with Gasteiger partial charge < -0.3 is 4.90 Å².